The summed E-state index contributed by atoms with van der Waals surface area (Å²) in [5.74, 6) is -0.993. The van der Waals surface area contributed by atoms with E-state index in [1.54, 1.807) is 0 Å². The van der Waals surface area contributed by atoms with Crippen LogP contribution in [0.1, 0.15) is 16.8 Å². The fourth-order valence-electron chi connectivity index (χ4n) is 2.18. The number of rotatable bonds is 4. The highest BCUT2D eigenvalue weighted by atomic mass is 35.7. The molecule has 0 N–H and O–H groups in total. The maximum Gasteiger partial charge on any atom is 0.339 e. The lowest BCUT2D eigenvalue weighted by molar-refractivity contribution is -0.117. The third-order valence-corrected chi connectivity index (χ3v) is 4.33. The van der Waals surface area contributed by atoms with Crippen LogP contribution >= 0.6 is 10.7 Å². The zero-order valence-electron chi connectivity index (χ0n) is 11.2. The Morgan fingerprint density at radius 3 is 2.76 bits per heavy atom. The fraction of sp³-hybridized carbons (Fsp3) is 0.417. The van der Waals surface area contributed by atoms with Crippen molar-refractivity contribution in [1.82, 2.24) is 4.98 Å². The first-order chi connectivity index (χ1) is 9.80. The quantitative estimate of drug-likeness (QED) is 0.597. The lowest BCUT2D eigenvalue weighted by atomic mass is 10.1. The van der Waals surface area contributed by atoms with Gasteiger partial charge in [0.25, 0.3) is 0 Å². The number of hydrogen-bond donors (Lipinski definition) is 0. The van der Waals surface area contributed by atoms with Crippen LogP contribution in [-0.2, 0) is 18.6 Å². The van der Waals surface area contributed by atoms with Gasteiger partial charge in [-0.05, 0) is 12.1 Å². The summed E-state index contributed by atoms with van der Waals surface area (Å²) in [5.41, 5.74) is 0.271. The first kappa shape index (κ1) is 15.7. The first-order valence-electron chi connectivity index (χ1n) is 6.07. The summed E-state index contributed by atoms with van der Waals surface area (Å²) in [7, 11) is 2.82. The summed E-state index contributed by atoms with van der Waals surface area (Å²) in [6.07, 6.45) is 1.41. The Morgan fingerprint density at radius 2 is 2.24 bits per heavy atom. The van der Waals surface area contributed by atoms with Crippen LogP contribution in [0.5, 0.6) is 0 Å². The third-order valence-electron chi connectivity index (χ3n) is 3.09. The van der Waals surface area contributed by atoms with Crippen LogP contribution in [0.3, 0.4) is 0 Å². The number of hydrogen-bond acceptors (Lipinski definition) is 6. The van der Waals surface area contributed by atoms with Crippen LogP contribution < -0.4 is 4.90 Å². The highest BCUT2D eigenvalue weighted by Gasteiger charge is 2.33. The zero-order valence-corrected chi connectivity index (χ0v) is 12.7. The van der Waals surface area contributed by atoms with Crippen molar-refractivity contribution in [1.29, 1.82) is 0 Å². The fourth-order valence-corrected chi connectivity index (χ4v) is 3.50. The van der Waals surface area contributed by atoms with E-state index in [1.807, 2.05) is 0 Å². The van der Waals surface area contributed by atoms with Gasteiger partial charge in [0.1, 0.15) is 5.82 Å². The maximum atomic E-state index is 11.9. The summed E-state index contributed by atoms with van der Waals surface area (Å²) in [6, 6.07) is 3.01. The molecule has 114 valence electrons. The summed E-state index contributed by atoms with van der Waals surface area (Å²) in [4.78, 5) is 28.6. The van der Waals surface area contributed by atoms with Gasteiger partial charge in [0.15, 0.2) is 0 Å². The van der Waals surface area contributed by atoms with Gasteiger partial charge in [-0.3, -0.25) is 9.69 Å². The first-order valence-corrected chi connectivity index (χ1v) is 8.55. The lowest BCUT2D eigenvalue weighted by Gasteiger charge is -2.15. The molecule has 0 spiro atoms. The van der Waals surface area contributed by atoms with Crippen LogP contribution in [0.25, 0.3) is 0 Å². The number of halogens is 1. The summed E-state index contributed by atoms with van der Waals surface area (Å²) in [5, 5.41) is 0. The number of anilines is 1. The number of nitrogens with zero attached hydrogens (tertiary/aromatic N) is 2. The highest BCUT2D eigenvalue weighted by Crippen LogP contribution is 2.25. The molecule has 0 aliphatic carbocycles. The van der Waals surface area contributed by atoms with Crippen molar-refractivity contribution >= 4 is 37.4 Å². The van der Waals surface area contributed by atoms with Gasteiger partial charge in [0.2, 0.25) is 15.0 Å². The highest BCUT2D eigenvalue weighted by molar-refractivity contribution is 8.13. The van der Waals surface area contributed by atoms with E-state index in [0.29, 0.717) is 5.82 Å². The van der Waals surface area contributed by atoms with Gasteiger partial charge in [-0.25, -0.2) is 18.2 Å². The Balaban J connectivity index is 2.12. The van der Waals surface area contributed by atoms with Crippen molar-refractivity contribution in [2.24, 2.45) is 5.92 Å². The van der Waals surface area contributed by atoms with Crippen molar-refractivity contribution in [2.75, 3.05) is 24.3 Å². The smallest absolute Gasteiger partial charge is 0.339 e. The second-order valence-electron chi connectivity index (χ2n) is 4.68. The van der Waals surface area contributed by atoms with E-state index in [-0.39, 0.29) is 36.1 Å². The number of carbonyl (C=O) groups is 2. The van der Waals surface area contributed by atoms with Gasteiger partial charge in [0.05, 0.1) is 18.4 Å². The normalized spacial score (nSPS) is 18.9. The molecule has 2 rings (SSSR count). The Hall–Kier alpha value is -1.67. The van der Waals surface area contributed by atoms with E-state index in [2.05, 4.69) is 9.72 Å². The molecule has 1 saturated heterocycles. The molecule has 1 atom stereocenters. The summed E-state index contributed by atoms with van der Waals surface area (Å²) >= 11 is 0. The average molecular weight is 333 g/mol. The number of amides is 1. The Labute approximate surface area is 126 Å². The molecule has 1 unspecified atom stereocenters. The molecule has 1 aliphatic heterocycles. The van der Waals surface area contributed by atoms with Crippen LogP contribution in [0.15, 0.2) is 18.3 Å². The van der Waals surface area contributed by atoms with E-state index >= 15 is 0 Å². The van der Waals surface area contributed by atoms with Crippen molar-refractivity contribution in [3.8, 4) is 0 Å². The predicted octanol–water partition coefficient (Wildman–Crippen LogP) is 0.790. The molecular weight excluding hydrogens is 320 g/mol. The lowest BCUT2D eigenvalue weighted by Crippen LogP contribution is -2.26. The number of esters is 1. The van der Waals surface area contributed by atoms with Gasteiger partial charge < -0.3 is 4.74 Å². The topological polar surface area (TPSA) is 93.6 Å². The van der Waals surface area contributed by atoms with Crippen molar-refractivity contribution < 1.29 is 22.7 Å². The molecule has 1 amide bonds. The van der Waals surface area contributed by atoms with Crippen molar-refractivity contribution in [3.05, 3.63) is 23.9 Å². The molecule has 0 radical (unpaired) electrons. The SMILES string of the molecule is COC(=O)c1ccc(N2CC(CS(=O)(=O)Cl)CC2=O)nc1. The zero-order chi connectivity index (χ0) is 15.6. The Kier molecular flexibility index (Phi) is 4.48. The standard InChI is InChI=1S/C12H13ClN2O5S/c1-20-12(17)9-2-3-10(14-5-9)15-6-8(4-11(15)16)7-21(13,18)19/h2-3,5,8H,4,6-7H2,1H3. The molecule has 1 aromatic rings. The van der Waals surface area contributed by atoms with Gasteiger partial charge in [-0.15, -0.1) is 0 Å². The average Bonchev–Trinajstić information content (AvgIpc) is 2.76. The number of carbonyl (C=O) groups excluding carboxylic acids is 2. The number of aromatic nitrogens is 1. The maximum absolute atomic E-state index is 11.9. The van der Waals surface area contributed by atoms with E-state index in [1.165, 1.54) is 30.3 Å². The molecular formula is C12H13ClN2O5S. The van der Waals surface area contributed by atoms with Gasteiger partial charge in [-0.2, -0.15) is 0 Å². The van der Waals surface area contributed by atoms with E-state index < -0.39 is 15.0 Å². The molecule has 2 heterocycles. The largest absolute Gasteiger partial charge is 0.465 e. The minimum Gasteiger partial charge on any atom is -0.465 e. The van der Waals surface area contributed by atoms with Gasteiger partial charge >= 0.3 is 5.97 Å². The summed E-state index contributed by atoms with van der Waals surface area (Å²) in [6.45, 7) is 0.232. The minimum absolute atomic E-state index is 0.104. The number of ether oxygens (including phenoxy) is 1. The molecule has 0 saturated carbocycles. The van der Waals surface area contributed by atoms with Crippen LogP contribution in [0.4, 0.5) is 5.82 Å². The summed E-state index contributed by atoms with van der Waals surface area (Å²) < 4.78 is 26.7. The van der Waals surface area contributed by atoms with E-state index in [9.17, 15) is 18.0 Å². The molecule has 0 aromatic carbocycles. The van der Waals surface area contributed by atoms with E-state index in [0.717, 1.165) is 0 Å². The second kappa shape index (κ2) is 5.98. The van der Waals surface area contributed by atoms with Gasteiger partial charge in [-0.1, -0.05) is 0 Å². The van der Waals surface area contributed by atoms with Crippen LogP contribution in [-0.4, -0.2) is 44.7 Å². The number of methoxy groups -OCH3 is 1. The molecule has 1 aromatic heterocycles. The molecule has 21 heavy (non-hydrogen) atoms. The van der Waals surface area contributed by atoms with Crippen molar-refractivity contribution in [2.45, 2.75) is 6.42 Å². The second-order valence-corrected chi connectivity index (χ2v) is 7.50. The van der Waals surface area contributed by atoms with Crippen LogP contribution in [0, 0.1) is 5.92 Å². The van der Waals surface area contributed by atoms with E-state index in [4.69, 9.17) is 10.7 Å². The molecule has 0 bridgehead atoms. The van der Waals surface area contributed by atoms with Gasteiger partial charge in [0, 0.05) is 35.8 Å². The predicted molar refractivity (Wildman–Crippen MR) is 75.7 cm³/mol. The monoisotopic (exact) mass is 332 g/mol. The Morgan fingerprint density at radius 1 is 1.52 bits per heavy atom. The third kappa shape index (κ3) is 3.92. The minimum atomic E-state index is -3.65. The molecule has 1 fully saturated rings. The Bertz CT molecular complexity index is 659. The number of pyridine rings is 1. The van der Waals surface area contributed by atoms with Crippen molar-refractivity contribution in [3.63, 3.8) is 0 Å². The molecule has 1 aliphatic rings. The van der Waals surface area contributed by atoms with Crippen LogP contribution in [0.2, 0.25) is 0 Å². The molecule has 9 heteroatoms. The molecule has 7 nitrogen and oxygen atoms in total.